The van der Waals surface area contributed by atoms with Crippen molar-refractivity contribution in [2.24, 2.45) is 0 Å². The molecule has 0 aliphatic rings. The van der Waals surface area contributed by atoms with Crippen LogP contribution < -0.4 is 15.9 Å². The second kappa shape index (κ2) is 11.6. The lowest BCUT2D eigenvalue weighted by Crippen LogP contribution is -2.42. The van der Waals surface area contributed by atoms with Crippen molar-refractivity contribution in [1.82, 2.24) is 0 Å². The Morgan fingerprint density at radius 1 is 0.806 bits per heavy atom. The topological polar surface area (TPSA) is 35.5 Å². The van der Waals surface area contributed by atoms with Crippen molar-refractivity contribution in [3.8, 4) is 0 Å². The van der Waals surface area contributed by atoms with Gasteiger partial charge in [0.2, 0.25) is 8.32 Å². The summed E-state index contributed by atoms with van der Waals surface area (Å²) in [6.07, 6.45) is 2.01. The van der Waals surface area contributed by atoms with E-state index in [-0.39, 0.29) is 17.1 Å². The van der Waals surface area contributed by atoms with Gasteiger partial charge in [-0.15, -0.1) is 0 Å². The van der Waals surface area contributed by atoms with Gasteiger partial charge in [-0.25, -0.2) is 4.79 Å². The van der Waals surface area contributed by atoms with E-state index in [1.165, 1.54) is 15.9 Å². The zero-order chi connectivity index (χ0) is 26.4. The maximum atomic E-state index is 12.9. The number of rotatable bonds is 9. The first kappa shape index (κ1) is 27.9. The number of hydrogen-bond acceptors (Lipinski definition) is 3. The maximum absolute atomic E-state index is 12.9. The van der Waals surface area contributed by atoms with Crippen LogP contribution in [0.15, 0.2) is 103 Å². The molecule has 36 heavy (non-hydrogen) atoms. The van der Waals surface area contributed by atoms with Crippen molar-refractivity contribution in [1.29, 1.82) is 0 Å². The second-order valence-electron chi connectivity index (χ2n) is 10.9. The van der Waals surface area contributed by atoms with Gasteiger partial charge in [-0.3, -0.25) is 0 Å². The van der Waals surface area contributed by atoms with Gasteiger partial charge in [0.25, 0.3) is 0 Å². The Balaban J connectivity index is 2.27. The van der Waals surface area contributed by atoms with Crippen molar-refractivity contribution in [3.05, 3.63) is 103 Å². The number of carbonyl (C=O) groups excluding carboxylic acids is 1. The van der Waals surface area contributed by atoms with Crippen LogP contribution in [0.5, 0.6) is 0 Å². The lowest BCUT2D eigenvalue weighted by molar-refractivity contribution is -0.141. The number of allylic oxidation sites excluding steroid dienone is 1. The van der Waals surface area contributed by atoms with E-state index >= 15 is 0 Å². The van der Waals surface area contributed by atoms with E-state index in [0.29, 0.717) is 11.9 Å². The van der Waals surface area contributed by atoms with Crippen molar-refractivity contribution in [3.63, 3.8) is 0 Å². The van der Waals surface area contributed by atoms with Crippen LogP contribution in [-0.2, 0) is 14.0 Å². The van der Waals surface area contributed by atoms with Crippen LogP contribution in [0.4, 0.5) is 0 Å². The van der Waals surface area contributed by atoms with E-state index in [4.69, 9.17) is 9.16 Å². The predicted octanol–water partition coefficient (Wildman–Crippen LogP) is 6.84. The molecule has 0 amide bonds. The Labute approximate surface area is 219 Å². The first-order valence-electron chi connectivity index (χ1n) is 12.6. The van der Waals surface area contributed by atoms with E-state index < -0.39 is 15.6 Å². The van der Waals surface area contributed by atoms with E-state index in [9.17, 15) is 4.79 Å². The van der Waals surface area contributed by atoms with Gasteiger partial charge in [0.15, 0.2) is 0 Å². The molecule has 3 nitrogen and oxygen atoms in total. The number of carbonyl (C=O) groups is 1. The van der Waals surface area contributed by atoms with Gasteiger partial charge in [-0.2, -0.15) is 0 Å². The molecule has 0 fully saturated rings. The zero-order valence-electron chi connectivity index (χ0n) is 22.7. The minimum Gasteiger partial charge on any atom is -0.544 e. The Hall–Kier alpha value is -2.68. The molecule has 0 saturated carbocycles. The molecular formula is C31H40O3PSi+. The van der Waals surface area contributed by atoms with Gasteiger partial charge in [-0.05, 0) is 68.4 Å². The SMILES string of the molecule is CC(C)OC(=O)/C=C(\C[P+](c1ccccc1)(c1ccccc1)c1ccccc1)O[Si](C)(C)C(C)(C)C. The predicted molar refractivity (Wildman–Crippen MR) is 158 cm³/mol. The van der Waals surface area contributed by atoms with Crippen LogP contribution in [0.3, 0.4) is 0 Å². The van der Waals surface area contributed by atoms with Gasteiger partial charge in [0, 0.05) is 0 Å². The minimum absolute atomic E-state index is 0.0125. The molecule has 3 rings (SSSR count). The Morgan fingerprint density at radius 2 is 1.19 bits per heavy atom. The van der Waals surface area contributed by atoms with Crippen LogP contribution in [0.1, 0.15) is 34.6 Å². The Bertz CT molecular complexity index is 1050. The lowest BCUT2D eigenvalue weighted by Gasteiger charge is -2.38. The summed E-state index contributed by atoms with van der Waals surface area (Å²) >= 11 is 0. The average molecular weight is 520 g/mol. The summed E-state index contributed by atoms with van der Waals surface area (Å²) < 4.78 is 12.4. The summed E-state index contributed by atoms with van der Waals surface area (Å²) in [4.78, 5) is 12.9. The zero-order valence-corrected chi connectivity index (χ0v) is 24.6. The molecule has 0 aliphatic carbocycles. The highest BCUT2D eigenvalue weighted by Gasteiger charge is 2.48. The molecule has 0 aliphatic heterocycles. The highest BCUT2D eigenvalue weighted by atomic mass is 31.2. The third kappa shape index (κ3) is 6.54. The van der Waals surface area contributed by atoms with Gasteiger partial charge >= 0.3 is 5.97 Å². The van der Waals surface area contributed by atoms with Crippen LogP contribution in [0.25, 0.3) is 0 Å². The summed E-state index contributed by atoms with van der Waals surface area (Å²) in [5.74, 6) is 0.350. The molecule has 0 spiro atoms. The fourth-order valence-electron chi connectivity index (χ4n) is 3.99. The first-order valence-corrected chi connectivity index (χ1v) is 17.5. The fourth-order valence-corrected chi connectivity index (χ4v) is 9.31. The number of benzene rings is 3. The first-order chi connectivity index (χ1) is 17.0. The average Bonchev–Trinajstić information content (AvgIpc) is 2.82. The summed E-state index contributed by atoms with van der Waals surface area (Å²) in [7, 11) is -4.45. The monoisotopic (exact) mass is 519 g/mol. The van der Waals surface area contributed by atoms with Crippen LogP contribution >= 0.6 is 7.26 Å². The highest BCUT2D eigenvalue weighted by Crippen LogP contribution is 2.57. The van der Waals surface area contributed by atoms with Gasteiger partial charge < -0.3 is 9.16 Å². The molecular weight excluding hydrogens is 479 g/mol. The van der Waals surface area contributed by atoms with E-state index in [1.54, 1.807) is 6.08 Å². The molecule has 0 unspecified atom stereocenters. The number of ether oxygens (including phenoxy) is 1. The molecule has 0 bridgehead atoms. The highest BCUT2D eigenvalue weighted by molar-refractivity contribution is 7.95. The van der Waals surface area contributed by atoms with E-state index in [0.717, 1.165) is 0 Å². The largest absolute Gasteiger partial charge is 0.544 e. The smallest absolute Gasteiger partial charge is 0.334 e. The molecule has 0 radical (unpaired) electrons. The molecule has 0 heterocycles. The molecule has 0 aromatic heterocycles. The van der Waals surface area contributed by atoms with E-state index in [1.807, 2.05) is 13.8 Å². The Morgan fingerprint density at radius 3 is 1.53 bits per heavy atom. The molecule has 3 aromatic carbocycles. The fraction of sp³-hybridized carbons (Fsp3) is 0.323. The van der Waals surface area contributed by atoms with E-state index in [2.05, 4.69) is 125 Å². The summed E-state index contributed by atoms with van der Waals surface area (Å²) in [6.45, 7) is 14.8. The number of esters is 1. The molecule has 0 atom stereocenters. The molecule has 3 aromatic rings. The van der Waals surface area contributed by atoms with Gasteiger partial charge in [0.1, 0.15) is 35.1 Å². The molecule has 190 valence electrons. The summed E-state index contributed by atoms with van der Waals surface area (Å²) in [6, 6.07) is 32.0. The quantitative estimate of drug-likeness (QED) is 0.102. The van der Waals surface area contributed by atoms with Crippen molar-refractivity contribution < 1.29 is 14.0 Å². The van der Waals surface area contributed by atoms with Crippen LogP contribution in [-0.4, -0.2) is 26.6 Å². The van der Waals surface area contributed by atoms with Crippen molar-refractivity contribution >= 4 is 37.5 Å². The van der Waals surface area contributed by atoms with Crippen LogP contribution in [0.2, 0.25) is 18.1 Å². The van der Waals surface area contributed by atoms with Crippen molar-refractivity contribution in [2.75, 3.05) is 6.16 Å². The summed E-state index contributed by atoms with van der Waals surface area (Å²) in [5, 5.41) is 3.75. The maximum Gasteiger partial charge on any atom is 0.334 e. The normalized spacial score (nSPS) is 12.9. The third-order valence-electron chi connectivity index (χ3n) is 6.81. The summed E-state index contributed by atoms with van der Waals surface area (Å²) in [5.41, 5.74) is 0. The third-order valence-corrected chi connectivity index (χ3v) is 15.5. The second-order valence-corrected chi connectivity index (χ2v) is 19.1. The van der Waals surface area contributed by atoms with Crippen LogP contribution in [0, 0.1) is 0 Å². The molecule has 5 heteroatoms. The molecule has 0 saturated heterocycles. The van der Waals surface area contributed by atoms with Crippen molar-refractivity contribution in [2.45, 2.75) is 58.9 Å². The number of hydrogen-bond donors (Lipinski definition) is 0. The standard InChI is InChI=1S/C31H40O3PSi/c1-25(2)33-30(32)23-26(34-36(6,7)31(3,4)5)24-35(27-17-11-8-12-18-27,28-19-13-9-14-20-28)29-21-15-10-16-22-29/h8-23,25H,24H2,1-7H3/q+1/b26-23+. The van der Waals surface area contributed by atoms with Gasteiger partial charge in [-0.1, -0.05) is 75.4 Å². The minimum atomic E-state index is -2.24. The Kier molecular flexibility index (Phi) is 8.97. The lowest BCUT2D eigenvalue weighted by atomic mass is 10.2. The van der Waals surface area contributed by atoms with Gasteiger partial charge in [0.05, 0.1) is 12.2 Å². The molecule has 0 N–H and O–H groups in total.